The lowest BCUT2D eigenvalue weighted by Crippen LogP contribution is -2.23. The van der Waals surface area contributed by atoms with Crippen LogP contribution in [0.2, 0.25) is 0 Å². The number of carbonyl (C=O) groups excluding carboxylic acids is 1. The summed E-state index contributed by atoms with van der Waals surface area (Å²) in [6, 6.07) is 16.2. The van der Waals surface area contributed by atoms with Gasteiger partial charge in [-0.05, 0) is 43.2 Å². The highest BCUT2D eigenvalue weighted by Gasteiger charge is 2.17. The van der Waals surface area contributed by atoms with Crippen molar-refractivity contribution in [1.29, 1.82) is 0 Å². The standard InChI is InChI=1S/C27H30N4O4S/c1-16(29-27-20-12-22(33-3)23(34-4)13-21(20)30-17(2)31-27)24-10-11-25(36-24)19-9-7-6-8-18(19)14-28-15-26(32)35-5/h6-13,16,28H,14-15H2,1-5H3,(H,29,30,31). The Morgan fingerprint density at radius 1 is 1.03 bits per heavy atom. The number of benzene rings is 2. The maximum absolute atomic E-state index is 11.4. The van der Waals surface area contributed by atoms with Crippen molar-refractivity contribution in [3.8, 4) is 21.9 Å². The zero-order valence-electron chi connectivity index (χ0n) is 21.0. The van der Waals surface area contributed by atoms with Crippen LogP contribution in [0.5, 0.6) is 11.5 Å². The topological polar surface area (TPSA) is 94.6 Å². The van der Waals surface area contributed by atoms with Gasteiger partial charge in [-0.15, -0.1) is 11.3 Å². The molecular formula is C27H30N4O4S. The second kappa shape index (κ2) is 11.4. The molecule has 4 aromatic rings. The molecule has 2 aromatic carbocycles. The highest BCUT2D eigenvalue weighted by Crippen LogP contribution is 2.37. The molecule has 0 aliphatic carbocycles. The number of ether oxygens (including phenoxy) is 3. The summed E-state index contributed by atoms with van der Waals surface area (Å²) in [6.07, 6.45) is 0. The van der Waals surface area contributed by atoms with Crippen molar-refractivity contribution >= 4 is 34.0 Å². The maximum atomic E-state index is 11.4. The van der Waals surface area contributed by atoms with Gasteiger partial charge in [-0.3, -0.25) is 4.79 Å². The van der Waals surface area contributed by atoms with Gasteiger partial charge in [0, 0.05) is 27.8 Å². The fourth-order valence-electron chi connectivity index (χ4n) is 3.97. The van der Waals surface area contributed by atoms with Crippen LogP contribution in [-0.2, 0) is 16.1 Å². The minimum Gasteiger partial charge on any atom is -0.493 e. The minimum atomic E-state index is -0.283. The van der Waals surface area contributed by atoms with Crippen LogP contribution in [0.4, 0.5) is 5.82 Å². The molecule has 9 heteroatoms. The first kappa shape index (κ1) is 25.4. The number of nitrogens with one attached hydrogen (secondary N) is 2. The largest absolute Gasteiger partial charge is 0.493 e. The summed E-state index contributed by atoms with van der Waals surface area (Å²) in [5.74, 6) is 2.39. The number of rotatable bonds is 10. The van der Waals surface area contributed by atoms with Crippen molar-refractivity contribution in [3.63, 3.8) is 0 Å². The Balaban J connectivity index is 1.57. The molecule has 1 atom stereocenters. The lowest BCUT2D eigenvalue weighted by atomic mass is 10.1. The molecule has 0 aliphatic heterocycles. The van der Waals surface area contributed by atoms with Crippen LogP contribution < -0.4 is 20.1 Å². The van der Waals surface area contributed by atoms with E-state index in [2.05, 4.69) is 51.8 Å². The van der Waals surface area contributed by atoms with Crippen LogP contribution in [0.1, 0.15) is 29.2 Å². The summed E-state index contributed by atoms with van der Waals surface area (Å²) in [4.78, 5) is 23.0. The molecule has 4 rings (SSSR count). The molecule has 0 radical (unpaired) electrons. The Morgan fingerprint density at radius 3 is 2.53 bits per heavy atom. The number of thiophene rings is 1. The zero-order valence-corrected chi connectivity index (χ0v) is 21.9. The van der Waals surface area contributed by atoms with E-state index in [0.717, 1.165) is 32.7 Å². The summed E-state index contributed by atoms with van der Waals surface area (Å²) < 4.78 is 15.6. The van der Waals surface area contributed by atoms with Crippen molar-refractivity contribution in [3.05, 3.63) is 64.8 Å². The van der Waals surface area contributed by atoms with Gasteiger partial charge in [0.25, 0.3) is 0 Å². The van der Waals surface area contributed by atoms with Crippen LogP contribution in [0.15, 0.2) is 48.5 Å². The average molecular weight is 507 g/mol. The summed E-state index contributed by atoms with van der Waals surface area (Å²) >= 11 is 1.73. The van der Waals surface area contributed by atoms with Crippen LogP contribution in [0.25, 0.3) is 21.3 Å². The minimum absolute atomic E-state index is 0.0129. The Labute approximate surface area is 214 Å². The van der Waals surface area contributed by atoms with Gasteiger partial charge >= 0.3 is 5.97 Å². The van der Waals surface area contributed by atoms with Crippen molar-refractivity contribution in [2.45, 2.75) is 26.4 Å². The molecule has 188 valence electrons. The van der Waals surface area contributed by atoms with Crippen LogP contribution in [0.3, 0.4) is 0 Å². The molecule has 2 aromatic heterocycles. The molecule has 0 saturated heterocycles. The number of aryl methyl sites for hydroxylation is 1. The Hall–Kier alpha value is -3.69. The van der Waals surface area contributed by atoms with E-state index >= 15 is 0 Å². The summed E-state index contributed by atoms with van der Waals surface area (Å²) in [6.45, 7) is 4.73. The van der Waals surface area contributed by atoms with E-state index in [1.54, 1.807) is 25.6 Å². The lowest BCUT2D eigenvalue weighted by molar-refractivity contribution is -0.139. The summed E-state index contributed by atoms with van der Waals surface area (Å²) in [5, 5.41) is 7.58. The number of hydrogen-bond donors (Lipinski definition) is 2. The van der Waals surface area contributed by atoms with Gasteiger partial charge in [-0.1, -0.05) is 24.3 Å². The van der Waals surface area contributed by atoms with Gasteiger partial charge in [-0.2, -0.15) is 0 Å². The van der Waals surface area contributed by atoms with E-state index in [0.29, 0.717) is 23.9 Å². The number of nitrogens with zero attached hydrogens (tertiary/aromatic N) is 2. The molecule has 0 fully saturated rings. The molecule has 0 amide bonds. The first-order valence-electron chi connectivity index (χ1n) is 11.6. The Morgan fingerprint density at radius 2 is 1.78 bits per heavy atom. The fraction of sp³-hybridized carbons (Fsp3) is 0.296. The lowest BCUT2D eigenvalue weighted by Gasteiger charge is -2.16. The number of anilines is 1. The van der Waals surface area contributed by atoms with Crippen molar-refractivity contribution in [2.24, 2.45) is 0 Å². The number of aromatic nitrogens is 2. The van der Waals surface area contributed by atoms with Gasteiger partial charge in [0.1, 0.15) is 11.6 Å². The van der Waals surface area contributed by atoms with Crippen molar-refractivity contribution in [2.75, 3.05) is 33.2 Å². The molecule has 0 bridgehead atoms. The molecule has 36 heavy (non-hydrogen) atoms. The van der Waals surface area contributed by atoms with E-state index in [1.807, 2.05) is 31.2 Å². The predicted molar refractivity (Wildman–Crippen MR) is 143 cm³/mol. The summed E-state index contributed by atoms with van der Waals surface area (Å²) in [7, 11) is 4.62. The molecule has 2 heterocycles. The zero-order chi connectivity index (χ0) is 25.7. The number of hydrogen-bond acceptors (Lipinski definition) is 9. The van der Waals surface area contributed by atoms with Gasteiger partial charge in [0.2, 0.25) is 0 Å². The van der Waals surface area contributed by atoms with Crippen LogP contribution in [-0.4, -0.2) is 43.8 Å². The normalized spacial score (nSPS) is 11.8. The van der Waals surface area contributed by atoms with Crippen molar-refractivity contribution < 1.29 is 19.0 Å². The first-order chi connectivity index (χ1) is 17.4. The third-order valence-corrected chi connectivity index (χ3v) is 7.12. The van der Waals surface area contributed by atoms with Gasteiger partial charge < -0.3 is 24.8 Å². The van der Waals surface area contributed by atoms with E-state index in [1.165, 1.54) is 12.0 Å². The van der Waals surface area contributed by atoms with E-state index in [-0.39, 0.29) is 18.6 Å². The number of fused-ring (bicyclic) bond motifs is 1. The van der Waals surface area contributed by atoms with Crippen molar-refractivity contribution in [1.82, 2.24) is 15.3 Å². The number of carbonyl (C=O) groups is 1. The molecule has 0 saturated carbocycles. The maximum Gasteiger partial charge on any atom is 0.319 e. The van der Waals surface area contributed by atoms with E-state index in [4.69, 9.17) is 14.2 Å². The number of methoxy groups -OCH3 is 3. The average Bonchev–Trinajstić information content (AvgIpc) is 3.38. The molecular weight excluding hydrogens is 476 g/mol. The Bertz CT molecular complexity index is 1370. The molecule has 1 unspecified atom stereocenters. The van der Waals surface area contributed by atoms with Crippen LogP contribution >= 0.6 is 11.3 Å². The predicted octanol–water partition coefficient (Wildman–Crippen LogP) is 5.12. The molecule has 8 nitrogen and oxygen atoms in total. The molecule has 2 N–H and O–H groups in total. The van der Waals surface area contributed by atoms with Gasteiger partial charge in [0.05, 0.1) is 39.4 Å². The summed E-state index contributed by atoms with van der Waals surface area (Å²) in [5.41, 5.74) is 3.04. The monoisotopic (exact) mass is 506 g/mol. The molecule has 0 aliphatic rings. The van der Waals surface area contributed by atoms with Gasteiger partial charge in [0.15, 0.2) is 11.5 Å². The fourth-order valence-corrected chi connectivity index (χ4v) is 5.05. The highest BCUT2D eigenvalue weighted by molar-refractivity contribution is 7.15. The highest BCUT2D eigenvalue weighted by atomic mass is 32.1. The van der Waals surface area contributed by atoms with Crippen LogP contribution in [0, 0.1) is 6.92 Å². The number of esters is 1. The molecule has 0 spiro atoms. The van der Waals surface area contributed by atoms with E-state index < -0.39 is 0 Å². The smallest absolute Gasteiger partial charge is 0.319 e. The second-order valence-electron chi connectivity index (χ2n) is 8.25. The van der Waals surface area contributed by atoms with Gasteiger partial charge in [-0.25, -0.2) is 9.97 Å². The SMILES string of the molecule is COC(=O)CNCc1ccccc1-c1ccc(C(C)Nc2nc(C)nc3cc(OC)c(OC)cc23)s1. The third-order valence-electron chi connectivity index (χ3n) is 5.81. The van der Waals surface area contributed by atoms with E-state index in [9.17, 15) is 4.79 Å². The second-order valence-corrected chi connectivity index (χ2v) is 9.36. The third kappa shape index (κ3) is 5.58. The Kier molecular flexibility index (Phi) is 8.02. The quantitative estimate of drug-likeness (QED) is 0.286. The first-order valence-corrected chi connectivity index (χ1v) is 12.4.